The van der Waals surface area contributed by atoms with E-state index in [9.17, 15) is 4.79 Å². The van der Waals surface area contributed by atoms with Gasteiger partial charge in [0.2, 0.25) is 5.82 Å². The maximum absolute atomic E-state index is 11.9. The molecule has 1 aliphatic carbocycles. The molecule has 1 saturated carbocycles. The maximum atomic E-state index is 11.9. The smallest absolute Gasteiger partial charge is 0.291 e. The van der Waals surface area contributed by atoms with Gasteiger partial charge in [-0.05, 0) is 25.7 Å². The zero-order valence-electron chi connectivity index (χ0n) is 10.1. The van der Waals surface area contributed by atoms with Gasteiger partial charge in [0.25, 0.3) is 5.91 Å². The summed E-state index contributed by atoms with van der Waals surface area (Å²) in [6, 6.07) is 0.0452. The van der Waals surface area contributed by atoms with Crippen LogP contribution in [-0.4, -0.2) is 33.7 Å². The molecule has 1 aromatic heterocycles. The summed E-state index contributed by atoms with van der Waals surface area (Å²) in [6.07, 6.45) is 4.76. The van der Waals surface area contributed by atoms with Gasteiger partial charge in [0.1, 0.15) is 5.82 Å². The molecule has 6 nitrogen and oxygen atoms in total. The topological polar surface area (TPSA) is 96.7 Å². The average Bonchev–Trinajstić information content (AvgIpc) is 2.96. The minimum absolute atomic E-state index is 0.0452. The number of H-pyrrole nitrogens is 1. The third-order valence-corrected chi connectivity index (χ3v) is 3.34. The van der Waals surface area contributed by atoms with E-state index in [1.807, 2.05) is 0 Å². The summed E-state index contributed by atoms with van der Waals surface area (Å²) in [5.41, 5.74) is 5.72. The zero-order chi connectivity index (χ0) is 12.3. The lowest BCUT2D eigenvalue weighted by molar-refractivity contribution is 0.0914. The van der Waals surface area contributed by atoms with E-state index < -0.39 is 0 Å². The second-order valence-corrected chi connectivity index (χ2v) is 4.60. The Kier molecular flexibility index (Phi) is 3.73. The summed E-state index contributed by atoms with van der Waals surface area (Å²) in [4.78, 5) is 15.9. The van der Waals surface area contributed by atoms with Crippen molar-refractivity contribution in [3.8, 4) is 0 Å². The standard InChI is InChI=1S/C11H19N5O/c1-7-13-10(16-15-7)11(17)14-9(6-12)8-4-2-3-5-8/h8-9H,2-6,12H2,1H3,(H,14,17)(H,13,15,16). The molecule has 1 atom stereocenters. The lowest BCUT2D eigenvalue weighted by Gasteiger charge is -2.22. The molecule has 4 N–H and O–H groups in total. The third-order valence-electron chi connectivity index (χ3n) is 3.34. The van der Waals surface area contributed by atoms with E-state index in [1.165, 1.54) is 12.8 Å². The monoisotopic (exact) mass is 237 g/mol. The Morgan fingerprint density at radius 2 is 2.29 bits per heavy atom. The van der Waals surface area contributed by atoms with Crippen LogP contribution in [0.25, 0.3) is 0 Å². The van der Waals surface area contributed by atoms with E-state index in [4.69, 9.17) is 5.73 Å². The molecule has 1 heterocycles. The molecule has 0 spiro atoms. The molecule has 1 fully saturated rings. The number of aryl methyl sites for hydroxylation is 1. The molecule has 6 heteroatoms. The first kappa shape index (κ1) is 12.0. The summed E-state index contributed by atoms with van der Waals surface area (Å²) >= 11 is 0. The Balaban J connectivity index is 1.96. The van der Waals surface area contributed by atoms with E-state index in [0.29, 0.717) is 18.3 Å². The van der Waals surface area contributed by atoms with Gasteiger partial charge in [-0.3, -0.25) is 9.89 Å². The van der Waals surface area contributed by atoms with Gasteiger partial charge in [-0.2, -0.15) is 0 Å². The number of nitrogens with two attached hydrogens (primary N) is 1. The van der Waals surface area contributed by atoms with Gasteiger partial charge >= 0.3 is 0 Å². The van der Waals surface area contributed by atoms with Crippen LogP contribution in [0.5, 0.6) is 0 Å². The van der Waals surface area contributed by atoms with Crippen molar-refractivity contribution < 1.29 is 4.79 Å². The van der Waals surface area contributed by atoms with E-state index in [-0.39, 0.29) is 17.8 Å². The fourth-order valence-corrected chi connectivity index (χ4v) is 2.41. The molecule has 2 rings (SSSR count). The van der Waals surface area contributed by atoms with E-state index in [1.54, 1.807) is 6.92 Å². The van der Waals surface area contributed by atoms with Crippen LogP contribution in [0.2, 0.25) is 0 Å². The molecule has 0 radical (unpaired) electrons. The Morgan fingerprint density at radius 1 is 1.59 bits per heavy atom. The third kappa shape index (κ3) is 2.82. The molecule has 1 amide bonds. The number of amides is 1. The number of aromatic amines is 1. The lowest BCUT2D eigenvalue weighted by Crippen LogP contribution is -2.44. The first-order chi connectivity index (χ1) is 8.20. The van der Waals surface area contributed by atoms with Gasteiger partial charge in [-0.1, -0.05) is 12.8 Å². The largest absolute Gasteiger partial charge is 0.345 e. The molecule has 0 bridgehead atoms. The highest BCUT2D eigenvalue weighted by Crippen LogP contribution is 2.27. The molecule has 0 aromatic carbocycles. The number of aromatic nitrogens is 3. The van der Waals surface area contributed by atoms with Crippen molar-refractivity contribution >= 4 is 5.91 Å². The van der Waals surface area contributed by atoms with Gasteiger partial charge in [0, 0.05) is 12.6 Å². The van der Waals surface area contributed by atoms with Crippen LogP contribution in [0.4, 0.5) is 0 Å². The van der Waals surface area contributed by atoms with Gasteiger partial charge < -0.3 is 11.1 Å². The predicted molar refractivity (Wildman–Crippen MR) is 63.4 cm³/mol. The Bertz CT molecular complexity index is 383. The van der Waals surface area contributed by atoms with Crippen molar-refractivity contribution in [3.63, 3.8) is 0 Å². The minimum atomic E-state index is -0.239. The zero-order valence-corrected chi connectivity index (χ0v) is 10.1. The van der Waals surface area contributed by atoms with Crippen LogP contribution in [0, 0.1) is 12.8 Å². The van der Waals surface area contributed by atoms with Crippen molar-refractivity contribution in [2.24, 2.45) is 11.7 Å². The van der Waals surface area contributed by atoms with E-state index in [2.05, 4.69) is 20.5 Å². The highest BCUT2D eigenvalue weighted by molar-refractivity contribution is 5.90. The summed E-state index contributed by atoms with van der Waals surface area (Å²) in [5, 5.41) is 9.43. The van der Waals surface area contributed by atoms with Gasteiger partial charge in [-0.15, -0.1) is 5.10 Å². The molecule has 1 aliphatic rings. The first-order valence-corrected chi connectivity index (χ1v) is 6.10. The van der Waals surface area contributed by atoms with Crippen LogP contribution in [-0.2, 0) is 0 Å². The molecular formula is C11H19N5O. The van der Waals surface area contributed by atoms with Crippen LogP contribution < -0.4 is 11.1 Å². The summed E-state index contributed by atoms with van der Waals surface area (Å²) in [7, 11) is 0. The highest BCUT2D eigenvalue weighted by Gasteiger charge is 2.26. The second kappa shape index (κ2) is 5.27. The molecular weight excluding hydrogens is 218 g/mol. The van der Waals surface area contributed by atoms with Crippen LogP contribution in [0.1, 0.15) is 42.1 Å². The lowest BCUT2D eigenvalue weighted by atomic mass is 9.98. The Hall–Kier alpha value is -1.43. The number of carbonyl (C=O) groups excluding carboxylic acids is 1. The fraction of sp³-hybridized carbons (Fsp3) is 0.727. The molecule has 17 heavy (non-hydrogen) atoms. The molecule has 1 aromatic rings. The van der Waals surface area contributed by atoms with Crippen LogP contribution in [0.3, 0.4) is 0 Å². The second-order valence-electron chi connectivity index (χ2n) is 4.60. The molecule has 94 valence electrons. The van der Waals surface area contributed by atoms with Crippen LogP contribution in [0.15, 0.2) is 0 Å². The molecule has 1 unspecified atom stereocenters. The molecule has 0 aliphatic heterocycles. The number of hydrogen-bond donors (Lipinski definition) is 3. The van der Waals surface area contributed by atoms with Crippen molar-refractivity contribution in [1.82, 2.24) is 20.5 Å². The van der Waals surface area contributed by atoms with E-state index >= 15 is 0 Å². The van der Waals surface area contributed by atoms with Crippen LogP contribution >= 0.6 is 0 Å². The quantitative estimate of drug-likeness (QED) is 0.704. The van der Waals surface area contributed by atoms with Crippen molar-refractivity contribution in [2.75, 3.05) is 6.54 Å². The van der Waals surface area contributed by atoms with Gasteiger partial charge in [0.15, 0.2) is 0 Å². The Morgan fingerprint density at radius 3 is 2.82 bits per heavy atom. The normalized spacial score (nSPS) is 18.2. The fourth-order valence-electron chi connectivity index (χ4n) is 2.41. The van der Waals surface area contributed by atoms with E-state index in [0.717, 1.165) is 12.8 Å². The number of carbonyl (C=O) groups is 1. The van der Waals surface area contributed by atoms with Crippen molar-refractivity contribution in [2.45, 2.75) is 38.6 Å². The number of nitrogens with one attached hydrogen (secondary N) is 2. The van der Waals surface area contributed by atoms with Gasteiger partial charge in [-0.25, -0.2) is 4.98 Å². The average molecular weight is 237 g/mol. The van der Waals surface area contributed by atoms with Crippen molar-refractivity contribution in [1.29, 1.82) is 0 Å². The number of rotatable bonds is 4. The summed E-state index contributed by atoms with van der Waals surface area (Å²) < 4.78 is 0. The number of nitrogens with zero attached hydrogens (tertiary/aromatic N) is 2. The van der Waals surface area contributed by atoms with Gasteiger partial charge in [0.05, 0.1) is 0 Å². The SMILES string of the molecule is Cc1nc(C(=O)NC(CN)C2CCCC2)n[nH]1. The Labute approximate surface area is 100 Å². The maximum Gasteiger partial charge on any atom is 0.291 e. The first-order valence-electron chi connectivity index (χ1n) is 6.10. The van der Waals surface area contributed by atoms with Crippen molar-refractivity contribution in [3.05, 3.63) is 11.6 Å². The molecule has 0 saturated heterocycles. The predicted octanol–water partition coefficient (Wildman–Crippen LogP) is 0.360. The summed E-state index contributed by atoms with van der Waals surface area (Å²) in [6.45, 7) is 2.24. The number of hydrogen-bond acceptors (Lipinski definition) is 4. The minimum Gasteiger partial charge on any atom is -0.345 e. The summed E-state index contributed by atoms with van der Waals surface area (Å²) in [5.74, 6) is 1.10. The highest BCUT2D eigenvalue weighted by atomic mass is 16.2.